The summed E-state index contributed by atoms with van der Waals surface area (Å²) in [6.45, 7) is 1.95. The maximum Gasteiger partial charge on any atom is 0.471 e. The van der Waals surface area contributed by atoms with Crippen molar-refractivity contribution in [2.45, 2.75) is 6.18 Å². The van der Waals surface area contributed by atoms with Crippen molar-refractivity contribution in [3.63, 3.8) is 0 Å². The summed E-state index contributed by atoms with van der Waals surface area (Å²) in [5.74, 6) is -1.90. The van der Waals surface area contributed by atoms with E-state index >= 15 is 0 Å². The van der Waals surface area contributed by atoms with Gasteiger partial charge in [-0.3, -0.25) is 4.79 Å². The van der Waals surface area contributed by atoms with Gasteiger partial charge in [0.15, 0.2) is 0 Å². The van der Waals surface area contributed by atoms with Crippen molar-refractivity contribution in [1.82, 2.24) is 16.0 Å². The average molecular weight is 244 g/mol. The van der Waals surface area contributed by atoms with Gasteiger partial charge >= 0.3 is 12.1 Å². The summed E-state index contributed by atoms with van der Waals surface area (Å²) in [7, 11) is 3.46. The molecule has 1 amide bonds. The van der Waals surface area contributed by atoms with Crippen molar-refractivity contribution in [3.8, 4) is 0 Å². The number of nitrogens with two attached hydrogens (primary N) is 1. The minimum absolute atomic E-state index is 0.0190. The molecule has 0 aromatic heterocycles. The number of rotatable bonds is 5. The van der Waals surface area contributed by atoms with Crippen LogP contribution in [0.2, 0.25) is 0 Å². The van der Waals surface area contributed by atoms with Crippen LogP contribution in [-0.2, 0) is 4.79 Å². The fourth-order valence-electron chi connectivity index (χ4n) is 0.546. The Hall–Kier alpha value is -0.860. The zero-order chi connectivity index (χ0) is 13.0. The second kappa shape index (κ2) is 10.7. The summed E-state index contributed by atoms with van der Waals surface area (Å²) >= 11 is 0. The molecular weight excluding hydrogens is 225 g/mol. The van der Waals surface area contributed by atoms with E-state index in [0.717, 1.165) is 13.1 Å². The fraction of sp³-hybridized carbons (Fsp3) is 0.875. The Morgan fingerprint density at radius 1 is 1.12 bits per heavy atom. The molecule has 0 bridgehead atoms. The molecule has 0 aliphatic carbocycles. The highest BCUT2D eigenvalue weighted by atomic mass is 19.4. The summed E-state index contributed by atoms with van der Waals surface area (Å²) in [5, 5.41) is 7.18. The standard InChI is InChI=1S/C5H9F3N2O.C3H10N2/c1-9-2-3-10-4(11)5(6,7)8;1-5-3-2-4/h9H,2-3H2,1H3,(H,10,11);5H,2-4H2,1H3. The molecule has 0 aliphatic heterocycles. The second-order valence-electron chi connectivity index (χ2n) is 2.75. The van der Waals surface area contributed by atoms with Gasteiger partial charge in [0.2, 0.25) is 0 Å². The van der Waals surface area contributed by atoms with E-state index in [2.05, 4.69) is 10.6 Å². The van der Waals surface area contributed by atoms with Crippen molar-refractivity contribution >= 4 is 5.91 Å². The normalized spacial score (nSPS) is 10.4. The smallest absolute Gasteiger partial charge is 0.347 e. The van der Waals surface area contributed by atoms with Gasteiger partial charge < -0.3 is 21.7 Å². The molecule has 0 saturated heterocycles. The van der Waals surface area contributed by atoms with E-state index in [-0.39, 0.29) is 6.54 Å². The molecular formula is C8H19F3N4O. The molecule has 8 heteroatoms. The molecule has 0 spiro atoms. The highest BCUT2D eigenvalue weighted by molar-refractivity contribution is 5.81. The number of hydrogen-bond acceptors (Lipinski definition) is 4. The fourth-order valence-corrected chi connectivity index (χ4v) is 0.546. The van der Waals surface area contributed by atoms with Crippen LogP contribution in [0.15, 0.2) is 0 Å². The zero-order valence-electron chi connectivity index (χ0n) is 9.45. The summed E-state index contributed by atoms with van der Waals surface area (Å²) in [6, 6.07) is 0. The van der Waals surface area contributed by atoms with Crippen molar-refractivity contribution in [2.24, 2.45) is 5.73 Å². The van der Waals surface area contributed by atoms with E-state index in [1.807, 2.05) is 7.05 Å². The Kier molecular flexibility index (Phi) is 11.7. The van der Waals surface area contributed by atoms with E-state index in [4.69, 9.17) is 5.73 Å². The SMILES string of the molecule is CNCCN.CNCCNC(=O)C(F)(F)F. The van der Waals surface area contributed by atoms with Gasteiger partial charge in [-0.2, -0.15) is 13.2 Å². The van der Waals surface area contributed by atoms with E-state index in [9.17, 15) is 18.0 Å². The van der Waals surface area contributed by atoms with Crippen LogP contribution in [0.1, 0.15) is 0 Å². The molecule has 0 aromatic carbocycles. The molecule has 0 radical (unpaired) electrons. The first-order chi connectivity index (χ1) is 7.40. The summed E-state index contributed by atoms with van der Waals surface area (Å²) in [5.41, 5.74) is 5.08. The van der Waals surface area contributed by atoms with Crippen molar-refractivity contribution in [2.75, 3.05) is 40.3 Å². The third-order valence-electron chi connectivity index (χ3n) is 1.31. The lowest BCUT2D eigenvalue weighted by atomic mass is 10.5. The third-order valence-corrected chi connectivity index (χ3v) is 1.31. The van der Waals surface area contributed by atoms with Crippen molar-refractivity contribution in [3.05, 3.63) is 0 Å². The van der Waals surface area contributed by atoms with Gasteiger partial charge in [-0.15, -0.1) is 0 Å². The minimum atomic E-state index is -4.77. The van der Waals surface area contributed by atoms with Crippen LogP contribution >= 0.6 is 0 Å². The lowest BCUT2D eigenvalue weighted by Crippen LogP contribution is -2.39. The number of carbonyl (C=O) groups excluding carboxylic acids is 1. The number of hydrogen-bond donors (Lipinski definition) is 4. The molecule has 0 unspecified atom stereocenters. The number of halogens is 3. The molecule has 0 atom stereocenters. The molecule has 16 heavy (non-hydrogen) atoms. The van der Waals surface area contributed by atoms with E-state index in [1.165, 1.54) is 0 Å². The molecule has 0 aromatic rings. The van der Waals surface area contributed by atoms with Gasteiger partial charge in [0.1, 0.15) is 0 Å². The van der Waals surface area contributed by atoms with Gasteiger partial charge in [-0.05, 0) is 14.1 Å². The minimum Gasteiger partial charge on any atom is -0.347 e. The van der Waals surface area contributed by atoms with E-state index in [1.54, 1.807) is 12.4 Å². The highest BCUT2D eigenvalue weighted by Gasteiger charge is 2.37. The molecule has 0 heterocycles. The average Bonchev–Trinajstić information content (AvgIpc) is 2.19. The van der Waals surface area contributed by atoms with Crippen LogP contribution in [0.4, 0.5) is 13.2 Å². The van der Waals surface area contributed by atoms with Crippen LogP contribution in [0, 0.1) is 0 Å². The Morgan fingerprint density at radius 2 is 1.62 bits per heavy atom. The molecule has 5 nitrogen and oxygen atoms in total. The Labute approximate surface area is 92.9 Å². The summed E-state index contributed by atoms with van der Waals surface area (Å²) < 4.78 is 34.3. The molecule has 5 N–H and O–H groups in total. The highest BCUT2D eigenvalue weighted by Crippen LogP contribution is 2.13. The summed E-state index contributed by atoms with van der Waals surface area (Å²) in [4.78, 5) is 10.1. The Bertz CT molecular complexity index is 173. The lowest BCUT2D eigenvalue weighted by Gasteiger charge is -2.06. The Balaban J connectivity index is 0. The predicted molar refractivity (Wildman–Crippen MR) is 56.0 cm³/mol. The number of amides is 1. The van der Waals surface area contributed by atoms with Crippen LogP contribution in [0.5, 0.6) is 0 Å². The van der Waals surface area contributed by atoms with Crippen LogP contribution in [0.25, 0.3) is 0 Å². The van der Waals surface area contributed by atoms with E-state index < -0.39 is 12.1 Å². The molecule has 0 rings (SSSR count). The first kappa shape index (κ1) is 17.5. The topological polar surface area (TPSA) is 79.2 Å². The lowest BCUT2D eigenvalue weighted by molar-refractivity contribution is -0.173. The maximum absolute atomic E-state index is 11.4. The largest absolute Gasteiger partial charge is 0.471 e. The number of likely N-dealkylation sites (N-methyl/N-ethyl adjacent to an activating group) is 2. The van der Waals surface area contributed by atoms with Crippen LogP contribution < -0.4 is 21.7 Å². The van der Waals surface area contributed by atoms with Crippen molar-refractivity contribution < 1.29 is 18.0 Å². The number of nitrogens with one attached hydrogen (secondary N) is 3. The summed E-state index contributed by atoms with van der Waals surface area (Å²) in [6.07, 6.45) is -4.77. The number of alkyl halides is 3. The molecule has 98 valence electrons. The van der Waals surface area contributed by atoms with Gasteiger partial charge in [0.05, 0.1) is 0 Å². The van der Waals surface area contributed by atoms with Crippen LogP contribution in [-0.4, -0.2) is 52.4 Å². The Morgan fingerprint density at radius 3 is 1.88 bits per heavy atom. The predicted octanol–water partition coefficient (Wildman–Crippen LogP) is -0.951. The molecule has 0 aliphatic rings. The van der Waals surface area contributed by atoms with Gasteiger partial charge in [0, 0.05) is 26.2 Å². The molecule has 0 saturated carbocycles. The van der Waals surface area contributed by atoms with Gasteiger partial charge in [-0.1, -0.05) is 0 Å². The van der Waals surface area contributed by atoms with Crippen molar-refractivity contribution in [1.29, 1.82) is 0 Å². The maximum atomic E-state index is 11.4. The monoisotopic (exact) mass is 244 g/mol. The van der Waals surface area contributed by atoms with E-state index in [0.29, 0.717) is 6.54 Å². The van der Waals surface area contributed by atoms with Gasteiger partial charge in [-0.25, -0.2) is 0 Å². The first-order valence-electron chi connectivity index (χ1n) is 4.74. The number of carbonyl (C=O) groups is 1. The third kappa shape index (κ3) is 13.1. The van der Waals surface area contributed by atoms with Crippen LogP contribution in [0.3, 0.4) is 0 Å². The first-order valence-corrected chi connectivity index (χ1v) is 4.74. The molecule has 0 fully saturated rings. The quantitative estimate of drug-likeness (QED) is 0.470. The zero-order valence-corrected chi connectivity index (χ0v) is 9.45. The van der Waals surface area contributed by atoms with Gasteiger partial charge in [0.25, 0.3) is 0 Å². The second-order valence-corrected chi connectivity index (χ2v) is 2.75.